The van der Waals surface area contributed by atoms with Crippen LogP contribution in [0.2, 0.25) is 0 Å². The second-order valence-electron chi connectivity index (χ2n) is 4.80. The Morgan fingerprint density at radius 2 is 1.29 bits per heavy atom. The second kappa shape index (κ2) is 3.71. The molecule has 3 rings (SSSR count). The maximum Gasteiger partial charge on any atom is 0.108 e. The molecule has 17 heavy (non-hydrogen) atoms. The molecule has 0 saturated heterocycles. The lowest BCUT2D eigenvalue weighted by atomic mass is 10.0. The van der Waals surface area contributed by atoms with Crippen LogP contribution in [0.25, 0.3) is 11.1 Å². The Morgan fingerprint density at radius 3 is 1.71 bits per heavy atom. The zero-order valence-electron chi connectivity index (χ0n) is 10.4. The molecule has 0 unspecified atom stereocenters. The number of methoxy groups -OCH3 is 1. The van der Waals surface area contributed by atoms with Gasteiger partial charge in [0.25, 0.3) is 0 Å². The molecule has 0 aliphatic heterocycles. The SMILES string of the molecule is COC1c2cc(C)ccc2-c2ccc(C)cc21. The highest BCUT2D eigenvalue weighted by Crippen LogP contribution is 2.45. The van der Waals surface area contributed by atoms with Crippen LogP contribution in [-0.4, -0.2) is 7.11 Å². The Hall–Kier alpha value is -1.60. The molecule has 1 heteroatoms. The van der Waals surface area contributed by atoms with Gasteiger partial charge >= 0.3 is 0 Å². The summed E-state index contributed by atoms with van der Waals surface area (Å²) in [6.45, 7) is 4.25. The molecule has 0 fully saturated rings. The van der Waals surface area contributed by atoms with Gasteiger partial charge in [0.15, 0.2) is 0 Å². The summed E-state index contributed by atoms with van der Waals surface area (Å²) >= 11 is 0. The molecule has 0 heterocycles. The van der Waals surface area contributed by atoms with Crippen molar-refractivity contribution in [2.45, 2.75) is 20.0 Å². The summed E-state index contributed by atoms with van der Waals surface area (Å²) in [5, 5.41) is 0. The first-order valence-electron chi connectivity index (χ1n) is 5.95. The van der Waals surface area contributed by atoms with Crippen molar-refractivity contribution >= 4 is 0 Å². The van der Waals surface area contributed by atoms with Gasteiger partial charge in [-0.3, -0.25) is 0 Å². The van der Waals surface area contributed by atoms with Crippen molar-refractivity contribution < 1.29 is 4.74 Å². The average molecular weight is 224 g/mol. The molecule has 0 aromatic heterocycles. The summed E-state index contributed by atoms with van der Waals surface area (Å²) in [5.41, 5.74) is 7.81. The largest absolute Gasteiger partial charge is 0.372 e. The standard InChI is InChI=1S/C16H16O/c1-10-4-6-12-13-7-5-11(2)9-15(13)16(17-3)14(12)8-10/h4-9,16H,1-3H3. The number of rotatable bonds is 1. The summed E-state index contributed by atoms with van der Waals surface area (Å²) in [6.07, 6.45) is 0.0970. The van der Waals surface area contributed by atoms with Crippen molar-refractivity contribution in [3.8, 4) is 11.1 Å². The minimum atomic E-state index is 0.0970. The van der Waals surface area contributed by atoms with E-state index in [9.17, 15) is 0 Å². The van der Waals surface area contributed by atoms with Crippen molar-refractivity contribution in [2.75, 3.05) is 7.11 Å². The lowest BCUT2D eigenvalue weighted by molar-refractivity contribution is 0.140. The van der Waals surface area contributed by atoms with Gasteiger partial charge in [0, 0.05) is 7.11 Å². The predicted molar refractivity (Wildman–Crippen MR) is 70.2 cm³/mol. The molecular formula is C16H16O. The molecular weight excluding hydrogens is 208 g/mol. The van der Waals surface area contributed by atoms with E-state index in [-0.39, 0.29) is 6.10 Å². The smallest absolute Gasteiger partial charge is 0.108 e. The van der Waals surface area contributed by atoms with Crippen LogP contribution in [0.3, 0.4) is 0 Å². The number of ether oxygens (including phenoxy) is 1. The van der Waals surface area contributed by atoms with E-state index < -0.39 is 0 Å². The Balaban J connectivity index is 2.28. The third-order valence-corrected chi connectivity index (χ3v) is 3.50. The van der Waals surface area contributed by atoms with E-state index in [1.54, 1.807) is 7.11 Å². The number of aryl methyl sites for hydroxylation is 2. The Kier molecular flexibility index (Phi) is 2.30. The summed E-state index contributed by atoms with van der Waals surface area (Å²) in [6, 6.07) is 13.2. The summed E-state index contributed by atoms with van der Waals surface area (Å²) in [7, 11) is 1.79. The molecule has 2 aromatic carbocycles. The molecule has 0 radical (unpaired) electrons. The van der Waals surface area contributed by atoms with E-state index in [4.69, 9.17) is 4.74 Å². The number of hydrogen-bond acceptors (Lipinski definition) is 1. The second-order valence-corrected chi connectivity index (χ2v) is 4.80. The normalized spacial score (nSPS) is 13.6. The summed E-state index contributed by atoms with van der Waals surface area (Å²) in [5.74, 6) is 0. The highest BCUT2D eigenvalue weighted by Gasteiger charge is 2.28. The maximum absolute atomic E-state index is 5.67. The quantitative estimate of drug-likeness (QED) is 0.711. The van der Waals surface area contributed by atoms with Gasteiger partial charge < -0.3 is 4.74 Å². The van der Waals surface area contributed by atoms with Gasteiger partial charge in [-0.1, -0.05) is 47.5 Å². The first-order valence-corrected chi connectivity index (χ1v) is 5.95. The van der Waals surface area contributed by atoms with Crippen LogP contribution >= 0.6 is 0 Å². The zero-order chi connectivity index (χ0) is 12.0. The van der Waals surface area contributed by atoms with E-state index in [2.05, 4.69) is 50.2 Å². The van der Waals surface area contributed by atoms with Gasteiger partial charge in [0.1, 0.15) is 6.10 Å². The van der Waals surface area contributed by atoms with Crippen LogP contribution in [0.1, 0.15) is 28.4 Å². The average Bonchev–Trinajstić information content (AvgIpc) is 2.60. The zero-order valence-corrected chi connectivity index (χ0v) is 10.4. The molecule has 0 atom stereocenters. The number of benzene rings is 2. The minimum Gasteiger partial charge on any atom is -0.372 e. The third-order valence-electron chi connectivity index (χ3n) is 3.50. The Bertz CT molecular complexity index is 533. The lowest BCUT2D eigenvalue weighted by Gasteiger charge is -2.12. The molecule has 0 amide bonds. The van der Waals surface area contributed by atoms with Crippen molar-refractivity contribution in [3.05, 3.63) is 58.7 Å². The van der Waals surface area contributed by atoms with Gasteiger partial charge in [0.05, 0.1) is 0 Å². The molecule has 0 N–H and O–H groups in total. The fourth-order valence-electron chi connectivity index (χ4n) is 2.71. The van der Waals surface area contributed by atoms with Gasteiger partial charge in [-0.05, 0) is 36.1 Å². The van der Waals surface area contributed by atoms with Crippen LogP contribution in [0.15, 0.2) is 36.4 Å². The highest BCUT2D eigenvalue weighted by atomic mass is 16.5. The fraction of sp³-hybridized carbons (Fsp3) is 0.250. The monoisotopic (exact) mass is 224 g/mol. The molecule has 0 saturated carbocycles. The fourth-order valence-corrected chi connectivity index (χ4v) is 2.71. The van der Waals surface area contributed by atoms with Crippen LogP contribution < -0.4 is 0 Å². The van der Waals surface area contributed by atoms with Gasteiger partial charge in [-0.2, -0.15) is 0 Å². The first kappa shape index (κ1) is 10.5. The Morgan fingerprint density at radius 1 is 0.824 bits per heavy atom. The molecule has 86 valence electrons. The number of fused-ring (bicyclic) bond motifs is 3. The Labute approximate surface area is 102 Å². The van der Waals surface area contributed by atoms with E-state index in [1.165, 1.54) is 33.4 Å². The minimum absolute atomic E-state index is 0.0970. The van der Waals surface area contributed by atoms with Gasteiger partial charge in [-0.15, -0.1) is 0 Å². The molecule has 1 aliphatic carbocycles. The number of hydrogen-bond donors (Lipinski definition) is 0. The van der Waals surface area contributed by atoms with Crippen molar-refractivity contribution in [1.29, 1.82) is 0 Å². The maximum atomic E-state index is 5.67. The van der Waals surface area contributed by atoms with Crippen LogP contribution in [-0.2, 0) is 4.74 Å². The van der Waals surface area contributed by atoms with Gasteiger partial charge in [0.2, 0.25) is 0 Å². The predicted octanol–water partition coefficient (Wildman–Crippen LogP) is 4.02. The van der Waals surface area contributed by atoms with E-state index >= 15 is 0 Å². The van der Waals surface area contributed by atoms with Gasteiger partial charge in [-0.25, -0.2) is 0 Å². The van der Waals surface area contributed by atoms with Crippen LogP contribution in [0.5, 0.6) is 0 Å². The van der Waals surface area contributed by atoms with E-state index in [0.29, 0.717) is 0 Å². The third kappa shape index (κ3) is 1.50. The first-order chi connectivity index (χ1) is 8.20. The molecule has 0 spiro atoms. The highest BCUT2D eigenvalue weighted by molar-refractivity contribution is 5.78. The van der Waals surface area contributed by atoms with Crippen LogP contribution in [0.4, 0.5) is 0 Å². The van der Waals surface area contributed by atoms with Crippen molar-refractivity contribution in [2.24, 2.45) is 0 Å². The summed E-state index contributed by atoms with van der Waals surface area (Å²) < 4.78 is 5.67. The molecule has 0 bridgehead atoms. The lowest BCUT2D eigenvalue weighted by Crippen LogP contribution is -1.99. The van der Waals surface area contributed by atoms with Crippen molar-refractivity contribution in [1.82, 2.24) is 0 Å². The van der Waals surface area contributed by atoms with Crippen LogP contribution in [0, 0.1) is 13.8 Å². The van der Waals surface area contributed by atoms with Crippen molar-refractivity contribution in [3.63, 3.8) is 0 Å². The molecule has 1 aliphatic rings. The van der Waals surface area contributed by atoms with E-state index in [1.807, 2.05) is 0 Å². The summed E-state index contributed by atoms with van der Waals surface area (Å²) in [4.78, 5) is 0. The molecule has 1 nitrogen and oxygen atoms in total. The molecule has 2 aromatic rings. The van der Waals surface area contributed by atoms with E-state index in [0.717, 1.165) is 0 Å². The topological polar surface area (TPSA) is 9.23 Å².